The van der Waals surface area contributed by atoms with Gasteiger partial charge in [-0.2, -0.15) is 0 Å². The summed E-state index contributed by atoms with van der Waals surface area (Å²) in [5, 5.41) is 7.10. The van der Waals surface area contributed by atoms with E-state index in [0.29, 0.717) is 6.04 Å². The summed E-state index contributed by atoms with van der Waals surface area (Å²) in [7, 11) is 2.19. The van der Waals surface area contributed by atoms with Gasteiger partial charge >= 0.3 is 0 Å². The van der Waals surface area contributed by atoms with Crippen LogP contribution in [0.2, 0.25) is 0 Å². The summed E-state index contributed by atoms with van der Waals surface area (Å²) in [4.78, 5) is 2.38. The lowest BCUT2D eigenvalue weighted by atomic mass is 10.1. The van der Waals surface area contributed by atoms with E-state index in [1.165, 1.54) is 11.1 Å². The van der Waals surface area contributed by atoms with E-state index in [2.05, 4.69) is 63.6 Å². The van der Waals surface area contributed by atoms with Gasteiger partial charge < -0.3 is 15.5 Å². The number of rotatable bonds is 4. The number of benzene rings is 1. The second-order valence-corrected chi connectivity index (χ2v) is 6.03. The summed E-state index contributed by atoms with van der Waals surface area (Å²) in [5.74, 6) is 0. The number of hydrogen-bond donors (Lipinski definition) is 2. The number of hydrogen-bond acceptors (Lipinski definition) is 3. The van der Waals surface area contributed by atoms with E-state index in [-0.39, 0.29) is 0 Å². The minimum Gasteiger partial charge on any atom is -0.311 e. The van der Waals surface area contributed by atoms with Gasteiger partial charge in [0, 0.05) is 43.2 Å². The van der Waals surface area contributed by atoms with Crippen molar-refractivity contribution in [3.8, 4) is 0 Å². The van der Waals surface area contributed by atoms with Crippen LogP contribution < -0.4 is 10.6 Å². The predicted octanol–water partition coefficient (Wildman–Crippen LogP) is 1.75. The highest BCUT2D eigenvalue weighted by Crippen LogP contribution is 2.15. The lowest BCUT2D eigenvalue weighted by Gasteiger charge is -2.31. The summed E-state index contributed by atoms with van der Waals surface area (Å²) < 4.78 is 1.15. The van der Waals surface area contributed by atoms with E-state index in [1.54, 1.807) is 0 Å². The number of halogens is 1. The van der Waals surface area contributed by atoms with Crippen LogP contribution in [0.1, 0.15) is 11.1 Å². The van der Waals surface area contributed by atoms with Crippen LogP contribution >= 0.6 is 15.9 Å². The third-order valence-corrected chi connectivity index (χ3v) is 3.97. The van der Waals surface area contributed by atoms with Gasteiger partial charge in [-0.1, -0.05) is 22.0 Å². The minimum atomic E-state index is 0.566. The van der Waals surface area contributed by atoms with Crippen LogP contribution in [0.4, 0.5) is 0 Å². The van der Waals surface area contributed by atoms with Gasteiger partial charge in [0.25, 0.3) is 0 Å². The van der Waals surface area contributed by atoms with Crippen molar-refractivity contribution in [3.05, 3.63) is 33.8 Å². The lowest BCUT2D eigenvalue weighted by Crippen LogP contribution is -2.53. The molecule has 0 bridgehead atoms. The Bertz CT molecular complexity index is 395. The van der Waals surface area contributed by atoms with E-state index in [1.807, 2.05) is 0 Å². The Kier molecular flexibility index (Phi) is 5.18. The lowest BCUT2D eigenvalue weighted by molar-refractivity contribution is 0.235. The van der Waals surface area contributed by atoms with Gasteiger partial charge in [0.15, 0.2) is 0 Å². The Morgan fingerprint density at radius 3 is 3.11 bits per heavy atom. The largest absolute Gasteiger partial charge is 0.311 e. The fourth-order valence-corrected chi connectivity index (χ4v) is 2.75. The molecular formula is C14H22BrN3. The number of likely N-dealkylation sites (N-methyl/N-ethyl adjacent to an activating group) is 1. The first kappa shape index (κ1) is 14.0. The molecule has 100 valence electrons. The van der Waals surface area contributed by atoms with Gasteiger partial charge in [0.05, 0.1) is 0 Å². The zero-order valence-electron chi connectivity index (χ0n) is 11.2. The minimum absolute atomic E-state index is 0.566. The van der Waals surface area contributed by atoms with Gasteiger partial charge in [0.2, 0.25) is 0 Å². The quantitative estimate of drug-likeness (QED) is 0.887. The van der Waals surface area contributed by atoms with Gasteiger partial charge in [-0.3, -0.25) is 0 Å². The van der Waals surface area contributed by atoms with Gasteiger partial charge in [-0.25, -0.2) is 0 Å². The molecule has 1 aliphatic rings. The molecule has 0 saturated carbocycles. The summed E-state index contributed by atoms with van der Waals surface area (Å²) in [6.45, 7) is 7.50. The molecule has 0 aromatic heterocycles. The molecular weight excluding hydrogens is 290 g/mol. The average molecular weight is 312 g/mol. The van der Waals surface area contributed by atoms with Crippen molar-refractivity contribution >= 4 is 15.9 Å². The van der Waals surface area contributed by atoms with Crippen LogP contribution in [-0.2, 0) is 6.54 Å². The molecule has 18 heavy (non-hydrogen) atoms. The zero-order valence-corrected chi connectivity index (χ0v) is 12.8. The molecule has 1 fully saturated rings. The van der Waals surface area contributed by atoms with Crippen LogP contribution in [0.5, 0.6) is 0 Å². The number of nitrogens with zero attached hydrogens (tertiary/aromatic N) is 1. The van der Waals surface area contributed by atoms with E-state index in [0.717, 1.165) is 37.2 Å². The molecule has 1 aliphatic heterocycles. The van der Waals surface area contributed by atoms with Gasteiger partial charge in [-0.15, -0.1) is 0 Å². The Morgan fingerprint density at radius 2 is 2.33 bits per heavy atom. The maximum absolute atomic E-state index is 3.55. The van der Waals surface area contributed by atoms with E-state index < -0.39 is 0 Å². The molecule has 0 amide bonds. The number of nitrogens with one attached hydrogen (secondary N) is 2. The van der Waals surface area contributed by atoms with Crippen molar-refractivity contribution in [3.63, 3.8) is 0 Å². The molecule has 4 heteroatoms. The second kappa shape index (κ2) is 6.66. The predicted molar refractivity (Wildman–Crippen MR) is 79.9 cm³/mol. The highest BCUT2D eigenvalue weighted by atomic mass is 79.9. The molecule has 2 N–H and O–H groups in total. The first-order valence-corrected chi connectivity index (χ1v) is 7.32. The number of piperazine rings is 1. The van der Waals surface area contributed by atoms with Crippen LogP contribution in [-0.4, -0.2) is 44.2 Å². The van der Waals surface area contributed by atoms with Crippen molar-refractivity contribution < 1.29 is 0 Å². The summed E-state index contributed by atoms with van der Waals surface area (Å²) in [6, 6.07) is 7.02. The summed E-state index contributed by atoms with van der Waals surface area (Å²) in [6.07, 6.45) is 0. The van der Waals surface area contributed by atoms with E-state index in [9.17, 15) is 0 Å². The Hall–Kier alpha value is -0.420. The number of aryl methyl sites for hydroxylation is 1. The maximum Gasteiger partial charge on any atom is 0.0320 e. The molecule has 1 unspecified atom stereocenters. The molecule has 1 aromatic carbocycles. The van der Waals surface area contributed by atoms with Crippen LogP contribution in [0.15, 0.2) is 22.7 Å². The van der Waals surface area contributed by atoms with Crippen LogP contribution in [0.25, 0.3) is 0 Å². The average Bonchev–Trinajstić information content (AvgIpc) is 2.34. The first-order valence-electron chi connectivity index (χ1n) is 6.53. The zero-order chi connectivity index (χ0) is 13.0. The Morgan fingerprint density at radius 1 is 1.50 bits per heavy atom. The van der Waals surface area contributed by atoms with Crippen molar-refractivity contribution in [2.45, 2.75) is 19.5 Å². The van der Waals surface area contributed by atoms with Crippen molar-refractivity contribution in [1.29, 1.82) is 0 Å². The van der Waals surface area contributed by atoms with E-state index in [4.69, 9.17) is 0 Å². The second-order valence-electron chi connectivity index (χ2n) is 5.11. The highest BCUT2D eigenvalue weighted by molar-refractivity contribution is 9.10. The van der Waals surface area contributed by atoms with Crippen molar-refractivity contribution in [2.75, 3.05) is 33.2 Å². The Labute approximate surface area is 118 Å². The third kappa shape index (κ3) is 4.05. The molecule has 1 atom stereocenters. The molecule has 1 heterocycles. The van der Waals surface area contributed by atoms with Crippen molar-refractivity contribution in [1.82, 2.24) is 15.5 Å². The monoisotopic (exact) mass is 311 g/mol. The Balaban J connectivity index is 1.79. The smallest absolute Gasteiger partial charge is 0.0320 e. The molecule has 2 rings (SSSR count). The van der Waals surface area contributed by atoms with Crippen molar-refractivity contribution in [2.24, 2.45) is 0 Å². The molecule has 1 aromatic rings. The normalized spacial score (nSPS) is 21.2. The first-order chi connectivity index (χ1) is 8.65. The summed E-state index contributed by atoms with van der Waals surface area (Å²) >= 11 is 3.53. The standard InChI is InChI=1S/C14H22BrN3/c1-11-3-4-13(15)7-12(11)8-16-9-14-10-18(2)6-5-17-14/h3-4,7,14,16-17H,5-6,8-10H2,1-2H3. The van der Waals surface area contributed by atoms with Crippen LogP contribution in [0.3, 0.4) is 0 Å². The SMILES string of the molecule is Cc1ccc(Br)cc1CNCC1CN(C)CCN1. The van der Waals surface area contributed by atoms with Crippen LogP contribution in [0, 0.1) is 6.92 Å². The maximum atomic E-state index is 3.55. The molecule has 3 nitrogen and oxygen atoms in total. The fraction of sp³-hybridized carbons (Fsp3) is 0.571. The van der Waals surface area contributed by atoms with Gasteiger partial charge in [-0.05, 0) is 37.2 Å². The highest BCUT2D eigenvalue weighted by Gasteiger charge is 2.15. The molecule has 0 spiro atoms. The summed E-state index contributed by atoms with van der Waals surface area (Å²) in [5.41, 5.74) is 2.72. The van der Waals surface area contributed by atoms with E-state index >= 15 is 0 Å². The molecule has 0 radical (unpaired) electrons. The fourth-order valence-electron chi connectivity index (χ4n) is 2.34. The topological polar surface area (TPSA) is 27.3 Å². The third-order valence-electron chi connectivity index (χ3n) is 3.48. The molecule has 1 saturated heterocycles. The van der Waals surface area contributed by atoms with Gasteiger partial charge in [0.1, 0.15) is 0 Å². The molecule has 0 aliphatic carbocycles.